The Balaban J connectivity index is 1.58. The van der Waals surface area contributed by atoms with Crippen LogP contribution in [-0.2, 0) is 13.0 Å². The molecule has 0 amide bonds. The monoisotopic (exact) mass is 385 g/mol. The summed E-state index contributed by atoms with van der Waals surface area (Å²) in [4.78, 5) is 16.2. The highest BCUT2D eigenvalue weighted by Gasteiger charge is 2.15. The van der Waals surface area contributed by atoms with Gasteiger partial charge < -0.3 is 9.55 Å². The van der Waals surface area contributed by atoms with Crippen molar-refractivity contribution >= 4 is 34.4 Å². The molecule has 0 fully saturated rings. The molecule has 3 aromatic heterocycles. The van der Waals surface area contributed by atoms with Gasteiger partial charge in [-0.25, -0.2) is 15.0 Å². The Kier molecular flexibility index (Phi) is 4.66. The summed E-state index contributed by atoms with van der Waals surface area (Å²) in [5, 5.41) is 1.06. The minimum atomic E-state index is 0.384. The predicted molar refractivity (Wildman–Crippen MR) is 104 cm³/mol. The number of hydrogen-bond donors (Lipinski definition) is 1. The van der Waals surface area contributed by atoms with E-state index in [4.69, 9.17) is 23.2 Å². The van der Waals surface area contributed by atoms with Crippen LogP contribution < -0.4 is 0 Å². The molecule has 4 rings (SSSR count). The van der Waals surface area contributed by atoms with E-state index in [1.54, 1.807) is 24.8 Å². The number of fused-ring (bicyclic) bond motifs is 1. The Labute approximate surface area is 161 Å². The van der Waals surface area contributed by atoms with E-state index in [2.05, 4.69) is 31.4 Å². The number of pyridine rings is 1. The maximum atomic E-state index is 6.37. The first kappa shape index (κ1) is 17.1. The second kappa shape index (κ2) is 7.09. The third-order valence-electron chi connectivity index (χ3n) is 4.40. The molecule has 132 valence electrons. The van der Waals surface area contributed by atoms with E-state index in [-0.39, 0.29) is 0 Å². The number of rotatable bonds is 5. The van der Waals surface area contributed by atoms with Gasteiger partial charge in [0.05, 0.1) is 21.9 Å². The van der Waals surface area contributed by atoms with Crippen LogP contribution in [0, 0.1) is 5.92 Å². The number of benzene rings is 1. The number of nitrogens with zero attached hydrogens (tertiary/aromatic N) is 4. The zero-order valence-electron chi connectivity index (χ0n) is 14.2. The molecule has 5 nitrogen and oxygen atoms in total. The average molecular weight is 386 g/mol. The van der Waals surface area contributed by atoms with Gasteiger partial charge >= 0.3 is 0 Å². The maximum absolute atomic E-state index is 6.37. The third-order valence-corrected chi connectivity index (χ3v) is 5.22. The van der Waals surface area contributed by atoms with E-state index in [9.17, 15) is 0 Å². The quantitative estimate of drug-likeness (QED) is 0.525. The van der Waals surface area contributed by atoms with Crippen molar-refractivity contribution < 1.29 is 0 Å². The van der Waals surface area contributed by atoms with E-state index in [1.165, 1.54) is 5.56 Å². The van der Waals surface area contributed by atoms with Gasteiger partial charge in [0.15, 0.2) is 5.65 Å². The molecule has 0 aliphatic carbocycles. The molecule has 1 aromatic carbocycles. The van der Waals surface area contributed by atoms with Crippen LogP contribution in [0.2, 0.25) is 10.0 Å². The van der Waals surface area contributed by atoms with E-state index in [0.29, 0.717) is 16.0 Å². The van der Waals surface area contributed by atoms with Gasteiger partial charge in [-0.15, -0.1) is 0 Å². The topological polar surface area (TPSA) is 59.4 Å². The fourth-order valence-corrected chi connectivity index (χ4v) is 3.61. The summed E-state index contributed by atoms with van der Waals surface area (Å²) < 4.78 is 2.12. The van der Waals surface area contributed by atoms with E-state index >= 15 is 0 Å². The van der Waals surface area contributed by atoms with E-state index in [0.717, 1.165) is 35.5 Å². The summed E-state index contributed by atoms with van der Waals surface area (Å²) in [5.41, 5.74) is 3.81. The highest BCUT2D eigenvalue weighted by Crippen LogP contribution is 2.33. The molecule has 0 aliphatic rings. The van der Waals surface area contributed by atoms with Crippen LogP contribution in [0.4, 0.5) is 0 Å². The number of aromatic amines is 1. The summed E-state index contributed by atoms with van der Waals surface area (Å²) in [7, 11) is 0. The van der Waals surface area contributed by atoms with Crippen LogP contribution in [0.25, 0.3) is 22.6 Å². The molecule has 1 unspecified atom stereocenters. The van der Waals surface area contributed by atoms with Gasteiger partial charge in [-0.05, 0) is 36.1 Å². The van der Waals surface area contributed by atoms with Crippen LogP contribution in [0.5, 0.6) is 0 Å². The second-order valence-electron chi connectivity index (χ2n) is 6.39. The molecule has 1 atom stereocenters. The number of imidazole rings is 2. The van der Waals surface area contributed by atoms with Crippen molar-refractivity contribution in [1.29, 1.82) is 0 Å². The zero-order chi connectivity index (χ0) is 18.1. The molecule has 1 N–H and O–H groups in total. The first-order valence-corrected chi connectivity index (χ1v) is 9.11. The minimum Gasteiger partial charge on any atom is -0.343 e. The van der Waals surface area contributed by atoms with Crippen molar-refractivity contribution in [3.05, 3.63) is 64.8 Å². The van der Waals surface area contributed by atoms with Crippen LogP contribution >= 0.6 is 23.2 Å². The van der Waals surface area contributed by atoms with Gasteiger partial charge in [-0.3, -0.25) is 0 Å². The molecular weight excluding hydrogens is 369 g/mol. The highest BCUT2D eigenvalue weighted by atomic mass is 35.5. The molecule has 7 heteroatoms. The number of halogens is 2. The lowest BCUT2D eigenvalue weighted by Gasteiger charge is -2.15. The standard InChI is InChI=1S/C19H17Cl2N5/c1-12(9-13-5-6-22-18-17(13)24-11-25-18)10-26-8-7-23-19(26)14-3-2-4-15(20)16(14)21/h2-8,11-12H,9-10H2,1H3,(H,22,24,25). The first-order chi connectivity index (χ1) is 12.6. The van der Waals surface area contributed by atoms with Gasteiger partial charge in [-0.2, -0.15) is 0 Å². The lowest BCUT2D eigenvalue weighted by atomic mass is 10.0. The smallest absolute Gasteiger partial charge is 0.177 e. The minimum absolute atomic E-state index is 0.384. The van der Waals surface area contributed by atoms with Gasteiger partial charge in [0.2, 0.25) is 0 Å². The number of H-pyrrole nitrogens is 1. The van der Waals surface area contributed by atoms with Crippen LogP contribution in [0.3, 0.4) is 0 Å². The summed E-state index contributed by atoms with van der Waals surface area (Å²) in [6.45, 7) is 3.03. The van der Waals surface area contributed by atoms with Crippen LogP contribution in [-0.4, -0.2) is 24.5 Å². The highest BCUT2D eigenvalue weighted by molar-refractivity contribution is 6.43. The lowest BCUT2D eigenvalue weighted by molar-refractivity contribution is 0.483. The van der Waals surface area contributed by atoms with Gasteiger partial charge in [0, 0.05) is 30.7 Å². The number of aromatic nitrogens is 5. The number of nitrogens with one attached hydrogen (secondary N) is 1. The largest absolute Gasteiger partial charge is 0.343 e. The average Bonchev–Trinajstić information content (AvgIpc) is 3.27. The fraction of sp³-hybridized carbons (Fsp3) is 0.211. The van der Waals surface area contributed by atoms with Crippen molar-refractivity contribution in [1.82, 2.24) is 24.5 Å². The third kappa shape index (κ3) is 3.20. The molecule has 0 aliphatic heterocycles. The van der Waals surface area contributed by atoms with Gasteiger partial charge in [0.1, 0.15) is 5.82 Å². The molecule has 0 saturated carbocycles. The Morgan fingerprint density at radius 1 is 1.12 bits per heavy atom. The second-order valence-corrected chi connectivity index (χ2v) is 7.17. The van der Waals surface area contributed by atoms with Crippen molar-refractivity contribution in [3.63, 3.8) is 0 Å². The molecule has 0 bridgehead atoms. The molecular formula is C19H17Cl2N5. The normalized spacial score (nSPS) is 12.6. The van der Waals surface area contributed by atoms with Crippen molar-refractivity contribution in [2.45, 2.75) is 19.9 Å². The van der Waals surface area contributed by atoms with E-state index < -0.39 is 0 Å². The molecule has 4 aromatic rings. The predicted octanol–water partition coefficient (Wildman–Crippen LogP) is 5.01. The van der Waals surface area contributed by atoms with Crippen molar-refractivity contribution in [2.75, 3.05) is 0 Å². The van der Waals surface area contributed by atoms with Gasteiger partial charge in [0.25, 0.3) is 0 Å². The summed E-state index contributed by atoms with van der Waals surface area (Å²) >= 11 is 12.5. The molecule has 0 spiro atoms. The zero-order valence-corrected chi connectivity index (χ0v) is 15.7. The Bertz CT molecular complexity index is 1050. The first-order valence-electron chi connectivity index (χ1n) is 8.36. The SMILES string of the molecule is CC(Cc1ccnc2nc[nH]c12)Cn1ccnc1-c1cccc(Cl)c1Cl. The Morgan fingerprint density at radius 2 is 2.00 bits per heavy atom. The molecule has 0 saturated heterocycles. The van der Waals surface area contributed by atoms with Gasteiger partial charge in [-0.1, -0.05) is 36.2 Å². The Hall–Kier alpha value is -2.37. The summed E-state index contributed by atoms with van der Waals surface area (Å²) in [5.74, 6) is 1.21. The van der Waals surface area contributed by atoms with Crippen molar-refractivity contribution in [2.24, 2.45) is 5.92 Å². The molecule has 3 heterocycles. The molecule has 26 heavy (non-hydrogen) atoms. The maximum Gasteiger partial charge on any atom is 0.177 e. The number of hydrogen-bond acceptors (Lipinski definition) is 3. The summed E-state index contributed by atoms with van der Waals surface area (Å²) in [6.07, 6.45) is 8.16. The summed E-state index contributed by atoms with van der Waals surface area (Å²) in [6, 6.07) is 7.65. The Morgan fingerprint density at radius 3 is 2.88 bits per heavy atom. The van der Waals surface area contributed by atoms with Crippen LogP contribution in [0.15, 0.2) is 49.2 Å². The molecule has 0 radical (unpaired) electrons. The van der Waals surface area contributed by atoms with Crippen molar-refractivity contribution in [3.8, 4) is 11.4 Å². The lowest BCUT2D eigenvalue weighted by Crippen LogP contribution is -2.11. The fourth-order valence-electron chi connectivity index (χ4n) is 3.23. The van der Waals surface area contributed by atoms with E-state index in [1.807, 2.05) is 24.4 Å². The van der Waals surface area contributed by atoms with Crippen LogP contribution in [0.1, 0.15) is 12.5 Å².